The Balaban J connectivity index is 0.00000144. The summed E-state index contributed by atoms with van der Waals surface area (Å²) in [6.07, 6.45) is 0. The Labute approximate surface area is 84.8 Å². The molecule has 0 amide bonds. The lowest BCUT2D eigenvalue weighted by molar-refractivity contribution is -0.656. The summed E-state index contributed by atoms with van der Waals surface area (Å²) >= 11 is 0. The van der Waals surface area contributed by atoms with Crippen LogP contribution in [0.3, 0.4) is 0 Å². The first-order valence-electron chi connectivity index (χ1n) is 4.10. The minimum absolute atomic E-state index is 0. The number of nitrogens with two attached hydrogens (primary N) is 1. The highest BCUT2D eigenvalue weighted by molar-refractivity contribution is 5.81. The van der Waals surface area contributed by atoms with Gasteiger partial charge in [0.05, 0.1) is 7.05 Å². The molecule has 0 aromatic heterocycles. The molecule has 1 aromatic carbocycles. The molecule has 0 aliphatic carbocycles. The van der Waals surface area contributed by atoms with Gasteiger partial charge in [0, 0.05) is 12.5 Å². The Morgan fingerprint density at radius 3 is 2.23 bits per heavy atom. The molecule has 0 aliphatic heterocycles. The van der Waals surface area contributed by atoms with E-state index in [1.807, 2.05) is 42.7 Å². The van der Waals surface area contributed by atoms with Gasteiger partial charge in [0.15, 0.2) is 11.8 Å². The number of carbonyl (C=O) groups is 1. The zero-order valence-corrected chi connectivity index (χ0v) is 8.58. The first kappa shape index (κ1) is 12.1. The molecule has 0 saturated carbocycles. The molecule has 13 heavy (non-hydrogen) atoms. The topological polar surface area (TPSA) is 33.7 Å². The lowest BCUT2D eigenvalue weighted by Gasteiger charge is -2.08. The molecule has 2 N–H and O–H groups in total. The molecular weight excluding hydrogens is 186 g/mol. The van der Waals surface area contributed by atoms with E-state index in [-0.39, 0.29) is 24.2 Å². The van der Waals surface area contributed by atoms with Gasteiger partial charge in [-0.15, -0.1) is 0 Å². The third-order valence-electron chi connectivity index (χ3n) is 1.93. The molecule has 3 heteroatoms. The van der Waals surface area contributed by atoms with Crippen LogP contribution in [0.5, 0.6) is 0 Å². The number of likely N-dealkylation sites (N-methyl/N-ethyl adjacent to an activating group) is 1. The Morgan fingerprint density at radius 1 is 1.31 bits per heavy atom. The minimum Gasteiger partial charge on any atom is -1.00 e. The van der Waals surface area contributed by atoms with Crippen molar-refractivity contribution >= 4 is 5.78 Å². The van der Waals surface area contributed by atoms with Gasteiger partial charge in [0.25, 0.3) is 0 Å². The van der Waals surface area contributed by atoms with Crippen LogP contribution in [0.2, 0.25) is 0 Å². The Hall–Kier alpha value is -0.860. The molecule has 1 rings (SSSR count). The molecule has 2 nitrogen and oxygen atoms in total. The smallest absolute Gasteiger partial charge is 0.191 e. The molecule has 0 saturated heterocycles. The lowest BCUT2D eigenvalue weighted by atomic mass is 10.0. The minimum atomic E-state index is -0.0359. The molecule has 0 heterocycles. The van der Waals surface area contributed by atoms with Gasteiger partial charge in [-0.2, -0.15) is 0 Å². The second kappa shape index (κ2) is 5.73. The zero-order valence-electron chi connectivity index (χ0n) is 7.83. The second-order valence-electron chi connectivity index (χ2n) is 2.83. The van der Waals surface area contributed by atoms with Crippen molar-refractivity contribution < 1.29 is 22.5 Å². The van der Waals surface area contributed by atoms with Gasteiger partial charge in [-0.25, -0.2) is 0 Å². The predicted molar refractivity (Wildman–Crippen MR) is 47.7 cm³/mol. The average molecular weight is 200 g/mol. The third-order valence-corrected chi connectivity index (χ3v) is 1.93. The van der Waals surface area contributed by atoms with Gasteiger partial charge in [0.1, 0.15) is 0 Å². The van der Waals surface area contributed by atoms with E-state index in [2.05, 4.69) is 0 Å². The summed E-state index contributed by atoms with van der Waals surface area (Å²) in [5, 5.41) is 1.93. The van der Waals surface area contributed by atoms with E-state index in [9.17, 15) is 4.79 Å². The number of benzene rings is 1. The number of carbonyl (C=O) groups excluding carboxylic acids is 1. The monoisotopic (exact) mass is 199 g/mol. The second-order valence-corrected chi connectivity index (χ2v) is 2.83. The Bertz CT molecular complexity index is 261. The van der Waals surface area contributed by atoms with Crippen LogP contribution in [-0.4, -0.2) is 12.8 Å². The summed E-state index contributed by atoms with van der Waals surface area (Å²) < 4.78 is 0. The Kier molecular flexibility index (Phi) is 5.35. The van der Waals surface area contributed by atoms with Crippen molar-refractivity contribution in [3.05, 3.63) is 35.9 Å². The van der Waals surface area contributed by atoms with Crippen molar-refractivity contribution in [1.29, 1.82) is 0 Å². The zero-order chi connectivity index (χ0) is 8.97. The highest BCUT2D eigenvalue weighted by atomic mass is 35.5. The van der Waals surface area contributed by atoms with Gasteiger partial charge >= 0.3 is 0 Å². The van der Waals surface area contributed by atoms with Crippen molar-refractivity contribution in [2.45, 2.75) is 13.0 Å². The molecule has 1 atom stereocenters. The maximum absolute atomic E-state index is 11.1. The molecule has 0 spiro atoms. The van der Waals surface area contributed by atoms with Crippen LogP contribution in [0.1, 0.15) is 18.5 Å². The maximum Gasteiger partial charge on any atom is 0.191 e. The van der Waals surface area contributed by atoms with E-state index in [1.165, 1.54) is 0 Å². The van der Waals surface area contributed by atoms with Crippen LogP contribution in [0.15, 0.2) is 30.3 Å². The highest BCUT2D eigenvalue weighted by Gasteiger charge is 2.16. The molecular formula is C10H14ClNO. The first-order chi connectivity index (χ1) is 5.75. The Morgan fingerprint density at radius 2 is 1.85 bits per heavy atom. The summed E-state index contributed by atoms with van der Waals surface area (Å²) in [6.45, 7) is 1.62. The standard InChI is InChI=1S/C10H13NO.ClH/c1-8(12)10(11-2)9-6-4-3-5-7-9;/h3-7,10-11H,1-2H3;1H/t10-;/m0./s1. The van der Waals surface area contributed by atoms with Crippen LogP contribution in [-0.2, 0) is 4.79 Å². The number of ketones is 1. The number of halogens is 1. The summed E-state index contributed by atoms with van der Waals surface area (Å²) in [6, 6.07) is 9.78. The van der Waals surface area contributed by atoms with Gasteiger partial charge in [-0.3, -0.25) is 4.79 Å². The fourth-order valence-electron chi connectivity index (χ4n) is 1.32. The molecule has 0 radical (unpaired) electrons. The summed E-state index contributed by atoms with van der Waals surface area (Å²) in [5.41, 5.74) is 1.08. The molecule has 0 fully saturated rings. The summed E-state index contributed by atoms with van der Waals surface area (Å²) in [5.74, 6) is 0.198. The number of hydrogen-bond acceptors (Lipinski definition) is 1. The molecule has 0 bridgehead atoms. The fraction of sp³-hybridized carbons (Fsp3) is 0.300. The van der Waals surface area contributed by atoms with E-state index < -0.39 is 0 Å². The number of hydrogen-bond donors (Lipinski definition) is 1. The van der Waals surface area contributed by atoms with E-state index >= 15 is 0 Å². The average Bonchev–Trinajstić information content (AvgIpc) is 2.07. The number of rotatable bonds is 3. The third kappa shape index (κ3) is 3.17. The SMILES string of the molecule is C[NH2+][C@@H](C(C)=O)c1ccccc1.[Cl-]. The van der Waals surface area contributed by atoms with Gasteiger partial charge in [-0.05, 0) is 0 Å². The van der Waals surface area contributed by atoms with Crippen LogP contribution >= 0.6 is 0 Å². The van der Waals surface area contributed by atoms with Gasteiger partial charge < -0.3 is 17.7 Å². The largest absolute Gasteiger partial charge is 1.00 e. The maximum atomic E-state index is 11.1. The van der Waals surface area contributed by atoms with E-state index in [0.29, 0.717) is 0 Å². The van der Waals surface area contributed by atoms with Crippen LogP contribution < -0.4 is 17.7 Å². The van der Waals surface area contributed by atoms with E-state index in [4.69, 9.17) is 0 Å². The van der Waals surface area contributed by atoms with E-state index in [0.717, 1.165) is 5.56 Å². The molecule has 0 unspecified atom stereocenters. The van der Waals surface area contributed by atoms with Gasteiger partial charge in [-0.1, -0.05) is 30.3 Å². The quantitative estimate of drug-likeness (QED) is 0.575. The van der Waals surface area contributed by atoms with Crippen molar-refractivity contribution in [3.63, 3.8) is 0 Å². The normalized spacial score (nSPS) is 11.5. The molecule has 0 aliphatic rings. The van der Waals surface area contributed by atoms with Crippen LogP contribution in [0.25, 0.3) is 0 Å². The highest BCUT2D eigenvalue weighted by Crippen LogP contribution is 2.08. The predicted octanol–water partition coefficient (Wildman–Crippen LogP) is -2.49. The van der Waals surface area contributed by atoms with Crippen LogP contribution in [0.4, 0.5) is 0 Å². The lowest BCUT2D eigenvalue weighted by Crippen LogP contribution is -3.00. The first-order valence-corrected chi connectivity index (χ1v) is 4.10. The van der Waals surface area contributed by atoms with Crippen molar-refractivity contribution in [1.82, 2.24) is 0 Å². The van der Waals surface area contributed by atoms with Crippen molar-refractivity contribution in [3.8, 4) is 0 Å². The van der Waals surface area contributed by atoms with Crippen LogP contribution in [0, 0.1) is 0 Å². The number of Topliss-reactive ketones (excluding diaryl/α,β-unsaturated/α-hetero) is 1. The summed E-state index contributed by atoms with van der Waals surface area (Å²) in [7, 11) is 1.92. The molecule has 1 aromatic rings. The molecule has 72 valence electrons. The van der Waals surface area contributed by atoms with Crippen molar-refractivity contribution in [2.24, 2.45) is 0 Å². The summed E-state index contributed by atoms with van der Waals surface area (Å²) in [4.78, 5) is 11.1. The van der Waals surface area contributed by atoms with Gasteiger partial charge in [0.2, 0.25) is 0 Å². The van der Waals surface area contributed by atoms with E-state index in [1.54, 1.807) is 6.92 Å². The number of quaternary nitrogens is 1. The fourth-order valence-corrected chi connectivity index (χ4v) is 1.32. The van der Waals surface area contributed by atoms with Crippen molar-refractivity contribution in [2.75, 3.05) is 7.05 Å².